The highest BCUT2D eigenvalue weighted by Gasteiger charge is 2.28. The Morgan fingerprint density at radius 3 is 2.61 bits per heavy atom. The van der Waals surface area contributed by atoms with Crippen molar-refractivity contribution < 1.29 is 0 Å². The number of nitrogens with zero attached hydrogens (tertiary/aromatic N) is 6. The maximum atomic E-state index is 4.91. The number of aromatic amines is 1. The van der Waals surface area contributed by atoms with E-state index in [4.69, 9.17) is 9.97 Å². The van der Waals surface area contributed by atoms with Crippen molar-refractivity contribution in [2.24, 2.45) is 0 Å². The molecular formula is C20H27N7S. The second-order valence-corrected chi connectivity index (χ2v) is 9.25. The van der Waals surface area contributed by atoms with Crippen molar-refractivity contribution in [1.29, 1.82) is 0 Å². The molecule has 2 aliphatic rings. The molecule has 1 saturated heterocycles. The second kappa shape index (κ2) is 6.99. The molecule has 1 aliphatic carbocycles. The summed E-state index contributed by atoms with van der Waals surface area (Å²) in [5.41, 5.74) is 1.52. The van der Waals surface area contributed by atoms with E-state index in [0.29, 0.717) is 5.92 Å². The van der Waals surface area contributed by atoms with E-state index in [2.05, 4.69) is 20.1 Å². The van der Waals surface area contributed by atoms with E-state index in [1.54, 1.807) is 0 Å². The fourth-order valence-corrected chi connectivity index (χ4v) is 5.78. The molecule has 148 valence electrons. The lowest BCUT2D eigenvalue weighted by Crippen LogP contribution is -2.34. The van der Waals surface area contributed by atoms with Crippen molar-refractivity contribution >= 4 is 33.3 Å². The molecule has 0 bridgehead atoms. The third kappa shape index (κ3) is 3.03. The van der Waals surface area contributed by atoms with Crippen LogP contribution in [0.5, 0.6) is 0 Å². The number of aryl methyl sites for hydroxylation is 3. The van der Waals surface area contributed by atoms with Gasteiger partial charge in [-0.1, -0.05) is 0 Å². The molecular weight excluding hydrogens is 370 g/mol. The highest BCUT2D eigenvalue weighted by molar-refractivity contribution is 7.19. The van der Waals surface area contributed by atoms with Gasteiger partial charge in [0.1, 0.15) is 22.3 Å². The van der Waals surface area contributed by atoms with Crippen LogP contribution in [-0.4, -0.2) is 52.3 Å². The maximum absolute atomic E-state index is 4.91. The first-order valence-electron chi connectivity index (χ1n) is 10.2. The van der Waals surface area contributed by atoms with Gasteiger partial charge >= 0.3 is 0 Å². The fourth-order valence-electron chi connectivity index (χ4n) is 4.48. The number of fused-ring (bicyclic) bond motifs is 3. The Hall–Kier alpha value is -2.22. The lowest BCUT2D eigenvalue weighted by atomic mass is 9.94. The standard InChI is InChI=1S/C20H27N7S/c1-12-21-18(16-14-6-4-5-7-15(14)28-19(16)22-12)27-10-8-13(9-11-27)17-23-20(25-24-17)26(2)3/h13H,4-11H2,1-3H3,(H,23,24,25). The smallest absolute Gasteiger partial charge is 0.244 e. The molecule has 0 saturated carbocycles. The summed E-state index contributed by atoms with van der Waals surface area (Å²) < 4.78 is 0. The molecule has 0 radical (unpaired) electrons. The molecule has 0 atom stereocenters. The number of hydrogen-bond donors (Lipinski definition) is 1. The van der Waals surface area contributed by atoms with Gasteiger partial charge in [-0.15, -0.1) is 16.4 Å². The zero-order valence-corrected chi connectivity index (χ0v) is 17.6. The predicted molar refractivity (Wildman–Crippen MR) is 114 cm³/mol. The summed E-state index contributed by atoms with van der Waals surface area (Å²) in [6.07, 6.45) is 7.11. The number of hydrogen-bond acceptors (Lipinski definition) is 7. The minimum atomic E-state index is 0.437. The number of aromatic nitrogens is 5. The molecule has 0 unspecified atom stereocenters. The van der Waals surface area contributed by atoms with Crippen molar-refractivity contribution in [1.82, 2.24) is 25.1 Å². The molecule has 28 heavy (non-hydrogen) atoms. The van der Waals surface area contributed by atoms with Gasteiger partial charge in [0.05, 0.1) is 5.39 Å². The van der Waals surface area contributed by atoms with Crippen molar-refractivity contribution in [3.63, 3.8) is 0 Å². The van der Waals surface area contributed by atoms with Gasteiger partial charge in [-0.2, -0.15) is 4.98 Å². The number of piperidine rings is 1. The Labute approximate surface area is 169 Å². The Morgan fingerprint density at radius 1 is 1.07 bits per heavy atom. The minimum absolute atomic E-state index is 0.437. The summed E-state index contributed by atoms with van der Waals surface area (Å²) in [5.74, 6) is 4.25. The topological polar surface area (TPSA) is 73.8 Å². The van der Waals surface area contributed by atoms with Crippen LogP contribution in [0.25, 0.3) is 10.2 Å². The monoisotopic (exact) mass is 397 g/mol. The van der Waals surface area contributed by atoms with E-state index in [1.165, 1.54) is 46.3 Å². The quantitative estimate of drug-likeness (QED) is 0.730. The molecule has 7 nitrogen and oxygen atoms in total. The zero-order chi connectivity index (χ0) is 19.3. The largest absolute Gasteiger partial charge is 0.356 e. The summed E-state index contributed by atoms with van der Waals surface area (Å²) in [6.45, 7) is 4.02. The van der Waals surface area contributed by atoms with Crippen LogP contribution < -0.4 is 9.80 Å². The molecule has 0 spiro atoms. The van der Waals surface area contributed by atoms with E-state index in [-0.39, 0.29) is 0 Å². The van der Waals surface area contributed by atoms with Crippen LogP contribution in [0.1, 0.15) is 53.7 Å². The zero-order valence-electron chi connectivity index (χ0n) is 16.8. The Balaban J connectivity index is 1.41. The van der Waals surface area contributed by atoms with Crippen LogP contribution >= 0.6 is 11.3 Å². The summed E-state index contributed by atoms with van der Waals surface area (Å²) >= 11 is 1.89. The molecule has 4 heterocycles. The highest BCUT2D eigenvalue weighted by Crippen LogP contribution is 2.41. The molecule has 1 N–H and O–H groups in total. The second-order valence-electron chi connectivity index (χ2n) is 8.16. The highest BCUT2D eigenvalue weighted by atomic mass is 32.1. The summed E-state index contributed by atoms with van der Waals surface area (Å²) in [6, 6.07) is 0. The van der Waals surface area contributed by atoms with Gasteiger partial charge in [0.15, 0.2) is 0 Å². The van der Waals surface area contributed by atoms with Gasteiger partial charge in [-0.05, 0) is 51.0 Å². The summed E-state index contributed by atoms with van der Waals surface area (Å²) in [7, 11) is 3.94. The Bertz CT molecular complexity index is 998. The van der Waals surface area contributed by atoms with E-state index in [0.717, 1.165) is 49.3 Å². The molecule has 5 rings (SSSR count). The van der Waals surface area contributed by atoms with Gasteiger partial charge in [0.2, 0.25) is 5.95 Å². The lowest BCUT2D eigenvalue weighted by molar-refractivity contribution is 0.485. The van der Waals surface area contributed by atoms with Gasteiger partial charge in [0.25, 0.3) is 0 Å². The fraction of sp³-hybridized carbons (Fsp3) is 0.600. The maximum Gasteiger partial charge on any atom is 0.244 e. The molecule has 1 fully saturated rings. The first-order valence-corrected chi connectivity index (χ1v) is 11.0. The van der Waals surface area contributed by atoms with E-state index < -0.39 is 0 Å². The summed E-state index contributed by atoms with van der Waals surface area (Å²) in [5, 5.41) is 8.79. The van der Waals surface area contributed by atoms with Crippen molar-refractivity contribution in [3.05, 3.63) is 22.1 Å². The molecule has 1 aliphatic heterocycles. The summed E-state index contributed by atoms with van der Waals surface area (Å²) in [4.78, 5) is 21.5. The SMILES string of the molecule is Cc1nc(N2CCC(c3nc(N(C)C)n[nH]3)CC2)c2c3c(sc2n1)CCCC3. The number of rotatable bonds is 3. The molecule has 0 amide bonds. The van der Waals surface area contributed by atoms with Crippen molar-refractivity contribution in [3.8, 4) is 0 Å². The Morgan fingerprint density at radius 2 is 1.86 bits per heavy atom. The van der Waals surface area contributed by atoms with Crippen LogP contribution in [0.2, 0.25) is 0 Å². The van der Waals surface area contributed by atoms with Crippen LogP contribution in [0.4, 0.5) is 11.8 Å². The minimum Gasteiger partial charge on any atom is -0.356 e. The number of H-pyrrole nitrogens is 1. The van der Waals surface area contributed by atoms with Gasteiger partial charge in [-0.3, -0.25) is 5.10 Å². The van der Waals surface area contributed by atoms with Gasteiger partial charge < -0.3 is 9.80 Å². The average molecular weight is 398 g/mol. The van der Waals surface area contributed by atoms with Crippen LogP contribution in [0.15, 0.2) is 0 Å². The van der Waals surface area contributed by atoms with Crippen molar-refractivity contribution in [2.45, 2.75) is 51.4 Å². The first-order chi connectivity index (χ1) is 13.6. The van der Waals surface area contributed by atoms with E-state index in [1.807, 2.05) is 37.3 Å². The Kier molecular flexibility index (Phi) is 4.45. The third-order valence-corrected chi connectivity index (χ3v) is 7.17. The number of nitrogens with one attached hydrogen (secondary N) is 1. The van der Waals surface area contributed by atoms with Gasteiger partial charge in [-0.25, -0.2) is 9.97 Å². The van der Waals surface area contributed by atoms with E-state index >= 15 is 0 Å². The molecule has 0 aromatic carbocycles. The normalized spacial score (nSPS) is 17.9. The van der Waals surface area contributed by atoms with Gasteiger partial charge in [0, 0.05) is 38.0 Å². The first kappa shape index (κ1) is 17.8. The number of thiophene rings is 1. The van der Waals surface area contributed by atoms with Crippen LogP contribution in [0, 0.1) is 6.92 Å². The van der Waals surface area contributed by atoms with Crippen LogP contribution in [-0.2, 0) is 12.8 Å². The molecule has 8 heteroatoms. The third-order valence-electron chi connectivity index (χ3n) is 5.98. The lowest BCUT2D eigenvalue weighted by Gasteiger charge is -2.32. The van der Waals surface area contributed by atoms with Crippen molar-refractivity contribution in [2.75, 3.05) is 37.0 Å². The molecule has 3 aromatic heterocycles. The number of anilines is 2. The van der Waals surface area contributed by atoms with E-state index in [9.17, 15) is 0 Å². The average Bonchev–Trinajstić information content (AvgIpc) is 3.32. The predicted octanol–water partition coefficient (Wildman–Crippen LogP) is 3.45. The molecule has 3 aromatic rings. The van der Waals surface area contributed by atoms with Crippen LogP contribution in [0.3, 0.4) is 0 Å².